The van der Waals surface area contributed by atoms with Gasteiger partial charge in [-0.15, -0.1) is 0 Å². The molecule has 0 radical (unpaired) electrons. The molecule has 1 aliphatic carbocycles. The first-order valence-corrected chi connectivity index (χ1v) is 13.0. The van der Waals surface area contributed by atoms with Crippen LogP contribution in [0.4, 0.5) is 0 Å². The molecule has 0 fully saturated rings. The first kappa shape index (κ1) is 23.2. The van der Waals surface area contributed by atoms with Crippen molar-refractivity contribution in [1.82, 2.24) is 9.55 Å². The number of benzene rings is 3. The van der Waals surface area contributed by atoms with Crippen molar-refractivity contribution >= 4 is 23.1 Å². The maximum Gasteiger partial charge on any atom is 0.0571 e. The summed E-state index contributed by atoms with van der Waals surface area (Å²) >= 11 is 0. The van der Waals surface area contributed by atoms with E-state index in [2.05, 4.69) is 123 Å². The summed E-state index contributed by atoms with van der Waals surface area (Å²) < 4.78 is 2.42. The van der Waals surface area contributed by atoms with Crippen molar-refractivity contribution < 1.29 is 0 Å². The van der Waals surface area contributed by atoms with Crippen molar-refractivity contribution in [3.05, 3.63) is 118 Å². The van der Waals surface area contributed by atoms with Crippen LogP contribution < -0.4 is 10.6 Å². The number of fused-ring (bicyclic) bond motifs is 3. The highest BCUT2D eigenvalue weighted by Gasteiger charge is 2.16. The SMILES string of the molecule is Cc1ccccc1-c1cc(C)c(-c2cc(C)c(-n3c4c(c5cnccc53)=CC=CCC=4)cc2C)cc1C. The number of allylic oxidation sites excluding steroid dienone is 2. The number of pyridine rings is 1. The van der Waals surface area contributed by atoms with E-state index < -0.39 is 0 Å². The second-order valence-corrected chi connectivity index (χ2v) is 10.3. The van der Waals surface area contributed by atoms with E-state index >= 15 is 0 Å². The van der Waals surface area contributed by atoms with Gasteiger partial charge < -0.3 is 4.57 Å². The molecule has 2 heteroatoms. The molecule has 0 aliphatic heterocycles. The molecule has 6 rings (SSSR count). The summed E-state index contributed by atoms with van der Waals surface area (Å²) in [6.07, 6.45) is 13.7. The Morgan fingerprint density at radius 3 is 2.14 bits per heavy atom. The summed E-state index contributed by atoms with van der Waals surface area (Å²) in [5.41, 5.74) is 14.2. The van der Waals surface area contributed by atoms with E-state index in [4.69, 9.17) is 0 Å². The number of nitrogens with zero attached hydrogens (tertiary/aromatic N) is 2. The summed E-state index contributed by atoms with van der Waals surface area (Å²) in [6.45, 7) is 11.1. The molecule has 0 unspecified atom stereocenters. The summed E-state index contributed by atoms with van der Waals surface area (Å²) in [7, 11) is 0. The topological polar surface area (TPSA) is 17.8 Å². The van der Waals surface area contributed by atoms with Gasteiger partial charge in [0.05, 0.1) is 10.9 Å². The highest BCUT2D eigenvalue weighted by molar-refractivity contribution is 5.85. The fourth-order valence-corrected chi connectivity index (χ4v) is 5.84. The van der Waals surface area contributed by atoms with Crippen molar-refractivity contribution in [2.45, 2.75) is 41.0 Å². The minimum atomic E-state index is 0.926. The van der Waals surface area contributed by atoms with Gasteiger partial charge >= 0.3 is 0 Å². The fourth-order valence-electron chi connectivity index (χ4n) is 5.84. The third-order valence-corrected chi connectivity index (χ3v) is 7.77. The van der Waals surface area contributed by atoms with Crippen LogP contribution in [0.15, 0.2) is 79.1 Å². The molecule has 182 valence electrons. The smallest absolute Gasteiger partial charge is 0.0571 e. The molecule has 3 aromatic carbocycles. The van der Waals surface area contributed by atoms with Crippen molar-refractivity contribution in [3.63, 3.8) is 0 Å². The van der Waals surface area contributed by atoms with E-state index in [-0.39, 0.29) is 0 Å². The van der Waals surface area contributed by atoms with Gasteiger partial charge in [0.2, 0.25) is 0 Å². The molecule has 0 spiro atoms. The van der Waals surface area contributed by atoms with Crippen molar-refractivity contribution in [1.29, 1.82) is 0 Å². The van der Waals surface area contributed by atoms with Gasteiger partial charge in [0.15, 0.2) is 0 Å². The quantitative estimate of drug-likeness (QED) is 0.263. The molecular weight excluding hydrogens is 448 g/mol. The van der Waals surface area contributed by atoms with Crippen molar-refractivity contribution in [2.24, 2.45) is 0 Å². The Morgan fingerprint density at radius 1 is 0.703 bits per heavy atom. The van der Waals surface area contributed by atoms with Crippen LogP contribution in [0.5, 0.6) is 0 Å². The van der Waals surface area contributed by atoms with Gasteiger partial charge in [-0.3, -0.25) is 4.98 Å². The zero-order chi connectivity index (χ0) is 25.7. The average molecular weight is 481 g/mol. The van der Waals surface area contributed by atoms with Crippen LogP contribution in [-0.4, -0.2) is 9.55 Å². The van der Waals surface area contributed by atoms with Gasteiger partial charge in [-0.2, -0.15) is 0 Å². The Morgan fingerprint density at radius 2 is 1.38 bits per heavy atom. The first-order valence-electron chi connectivity index (χ1n) is 13.0. The van der Waals surface area contributed by atoms with Gasteiger partial charge in [0.25, 0.3) is 0 Å². The number of hydrogen-bond acceptors (Lipinski definition) is 1. The Hall–Kier alpha value is -4.17. The average Bonchev–Trinajstić information content (AvgIpc) is 3.01. The van der Waals surface area contributed by atoms with Crippen LogP contribution >= 0.6 is 0 Å². The van der Waals surface area contributed by atoms with Gasteiger partial charge in [0, 0.05) is 28.7 Å². The minimum Gasteiger partial charge on any atom is -0.309 e. The van der Waals surface area contributed by atoms with Gasteiger partial charge in [0.1, 0.15) is 0 Å². The molecule has 0 N–H and O–H groups in total. The molecule has 2 heterocycles. The van der Waals surface area contributed by atoms with Crippen LogP contribution in [0.2, 0.25) is 0 Å². The normalized spacial score (nSPS) is 12.7. The molecule has 1 aliphatic rings. The second kappa shape index (κ2) is 9.05. The Balaban J connectivity index is 1.53. The highest BCUT2D eigenvalue weighted by atomic mass is 15.0. The molecule has 2 aromatic heterocycles. The summed E-state index contributed by atoms with van der Waals surface area (Å²) in [5, 5.41) is 3.69. The molecule has 0 saturated heterocycles. The number of aryl methyl sites for hydroxylation is 5. The second-order valence-electron chi connectivity index (χ2n) is 10.3. The van der Waals surface area contributed by atoms with Crippen LogP contribution in [0.1, 0.15) is 34.2 Å². The lowest BCUT2D eigenvalue weighted by Gasteiger charge is -2.18. The third-order valence-electron chi connectivity index (χ3n) is 7.77. The Labute approximate surface area is 218 Å². The van der Waals surface area contributed by atoms with Crippen molar-refractivity contribution in [3.8, 4) is 27.9 Å². The van der Waals surface area contributed by atoms with Gasteiger partial charge in [-0.05, 0) is 109 Å². The first-order chi connectivity index (χ1) is 17.9. The maximum absolute atomic E-state index is 4.43. The van der Waals surface area contributed by atoms with Crippen LogP contribution in [-0.2, 0) is 0 Å². The summed E-state index contributed by atoms with van der Waals surface area (Å²) in [6, 6.07) is 20.3. The molecule has 0 atom stereocenters. The van der Waals surface area contributed by atoms with E-state index in [9.17, 15) is 0 Å². The number of aromatic nitrogens is 2. The van der Waals surface area contributed by atoms with Gasteiger partial charge in [-0.25, -0.2) is 0 Å². The molecule has 0 saturated carbocycles. The van der Waals surface area contributed by atoms with Crippen LogP contribution in [0.3, 0.4) is 0 Å². The van der Waals surface area contributed by atoms with E-state index in [0.29, 0.717) is 0 Å². The summed E-state index contributed by atoms with van der Waals surface area (Å²) in [5.74, 6) is 0. The standard InChI is InChI=1S/C35H32N2/c1-22-11-9-10-12-27(22)29-17-24(3)30(18-23(29)2)31-19-26(5)35(20-25(31)4)37-33-14-8-6-7-13-28(33)32-21-36-16-15-34(32)37/h6-7,9-21H,8H2,1-5H3. The van der Waals surface area contributed by atoms with E-state index in [1.54, 1.807) is 0 Å². The highest BCUT2D eigenvalue weighted by Crippen LogP contribution is 2.36. The summed E-state index contributed by atoms with van der Waals surface area (Å²) in [4.78, 5) is 4.43. The Kier molecular flexibility index (Phi) is 5.68. The molecule has 0 amide bonds. The van der Waals surface area contributed by atoms with E-state index in [1.807, 2.05) is 12.4 Å². The number of rotatable bonds is 3. The Bertz CT molecular complexity index is 1850. The largest absolute Gasteiger partial charge is 0.309 e. The van der Waals surface area contributed by atoms with E-state index in [0.717, 1.165) is 6.42 Å². The van der Waals surface area contributed by atoms with E-state index in [1.165, 1.54) is 77.2 Å². The van der Waals surface area contributed by atoms with Crippen LogP contribution in [0, 0.1) is 34.6 Å². The lowest BCUT2D eigenvalue weighted by atomic mass is 9.88. The fraction of sp³-hybridized carbons (Fsp3) is 0.171. The van der Waals surface area contributed by atoms with Crippen LogP contribution in [0.25, 0.3) is 51.0 Å². The lowest BCUT2D eigenvalue weighted by Crippen LogP contribution is -2.28. The lowest BCUT2D eigenvalue weighted by molar-refractivity contribution is 1.04. The monoisotopic (exact) mass is 480 g/mol. The molecule has 37 heavy (non-hydrogen) atoms. The predicted molar refractivity (Wildman–Crippen MR) is 158 cm³/mol. The maximum atomic E-state index is 4.43. The zero-order valence-electron chi connectivity index (χ0n) is 22.3. The van der Waals surface area contributed by atoms with Gasteiger partial charge in [-0.1, -0.05) is 60.7 Å². The zero-order valence-corrected chi connectivity index (χ0v) is 22.3. The third kappa shape index (κ3) is 3.84. The predicted octanol–water partition coefficient (Wildman–Crippen LogP) is 7.42. The molecule has 5 aromatic rings. The molecule has 0 bridgehead atoms. The number of hydrogen-bond donors (Lipinski definition) is 0. The molecule has 2 nitrogen and oxygen atoms in total. The van der Waals surface area contributed by atoms with Crippen molar-refractivity contribution in [2.75, 3.05) is 0 Å². The minimum absolute atomic E-state index is 0.926. The molecular formula is C35H32N2.